The van der Waals surface area contributed by atoms with Gasteiger partial charge in [0.25, 0.3) is 11.8 Å². The molecule has 2 fully saturated rings. The van der Waals surface area contributed by atoms with Crippen molar-refractivity contribution in [3.8, 4) is 0 Å². The number of alkyl halides is 2. The number of sulfonamides is 1. The molecular weight excluding hydrogens is 352 g/mol. The lowest BCUT2D eigenvalue weighted by atomic mass is 10.1. The second-order valence-corrected chi connectivity index (χ2v) is 8.39. The van der Waals surface area contributed by atoms with Crippen LogP contribution < -0.4 is 10.6 Å². The normalized spacial score (nSPS) is 24.2. The number of amides is 1. The van der Waals surface area contributed by atoms with Crippen LogP contribution in [-0.4, -0.2) is 56.8 Å². The summed E-state index contributed by atoms with van der Waals surface area (Å²) < 4.78 is 52.9. The summed E-state index contributed by atoms with van der Waals surface area (Å²) in [5.41, 5.74) is 0.246. The summed E-state index contributed by atoms with van der Waals surface area (Å²) in [6.07, 6.45) is -0.145. The highest BCUT2D eigenvalue weighted by atomic mass is 32.2. The largest absolute Gasteiger partial charge is 0.348 e. The summed E-state index contributed by atoms with van der Waals surface area (Å²) in [6.45, 7) is 1.07. The number of hydrogen-bond acceptors (Lipinski definition) is 4. The quantitative estimate of drug-likeness (QED) is 0.831. The second-order valence-electron chi connectivity index (χ2n) is 6.45. The third-order valence-corrected chi connectivity index (χ3v) is 6.48. The average molecular weight is 373 g/mol. The number of carbonyl (C=O) groups excluding carboxylic acids is 1. The van der Waals surface area contributed by atoms with Gasteiger partial charge in [0.05, 0.1) is 4.90 Å². The molecule has 0 spiro atoms. The molecule has 1 atom stereocenters. The third kappa shape index (κ3) is 4.16. The molecular formula is C16H21F2N3O3S. The first kappa shape index (κ1) is 18.2. The zero-order valence-electron chi connectivity index (χ0n) is 13.7. The summed E-state index contributed by atoms with van der Waals surface area (Å²) in [4.78, 5) is 12.2. The zero-order valence-corrected chi connectivity index (χ0v) is 14.5. The van der Waals surface area contributed by atoms with E-state index >= 15 is 0 Å². The monoisotopic (exact) mass is 373 g/mol. The van der Waals surface area contributed by atoms with Gasteiger partial charge >= 0.3 is 0 Å². The van der Waals surface area contributed by atoms with Gasteiger partial charge in [0.15, 0.2) is 0 Å². The lowest BCUT2D eigenvalue weighted by Crippen LogP contribution is -2.42. The van der Waals surface area contributed by atoms with Crippen LogP contribution in [0.25, 0.3) is 0 Å². The highest BCUT2D eigenvalue weighted by Gasteiger charge is 2.38. The van der Waals surface area contributed by atoms with E-state index in [4.69, 9.17) is 0 Å². The van der Waals surface area contributed by atoms with Gasteiger partial charge in [-0.3, -0.25) is 4.79 Å². The maximum absolute atomic E-state index is 13.3. The lowest BCUT2D eigenvalue weighted by molar-refractivity contribution is -0.0412. The molecule has 2 aliphatic heterocycles. The zero-order chi connectivity index (χ0) is 18.1. The number of piperidine rings is 1. The Kier molecular flexibility index (Phi) is 5.08. The van der Waals surface area contributed by atoms with Gasteiger partial charge in [-0.2, -0.15) is 4.31 Å². The summed E-state index contributed by atoms with van der Waals surface area (Å²) >= 11 is 0. The van der Waals surface area contributed by atoms with Crippen LogP contribution in [0.2, 0.25) is 0 Å². The maximum atomic E-state index is 13.3. The minimum Gasteiger partial charge on any atom is -0.348 e. The highest BCUT2D eigenvalue weighted by molar-refractivity contribution is 7.89. The molecule has 0 radical (unpaired) electrons. The van der Waals surface area contributed by atoms with Gasteiger partial charge in [-0.1, -0.05) is 6.07 Å². The predicted octanol–water partition coefficient (Wildman–Crippen LogP) is 1.20. The number of rotatable bonds is 4. The van der Waals surface area contributed by atoms with Crippen LogP contribution in [0, 0.1) is 0 Å². The smallest absolute Gasteiger partial charge is 0.251 e. The highest BCUT2D eigenvalue weighted by Crippen LogP contribution is 2.30. The van der Waals surface area contributed by atoms with E-state index in [-0.39, 0.29) is 35.5 Å². The fourth-order valence-electron chi connectivity index (χ4n) is 3.05. The van der Waals surface area contributed by atoms with E-state index in [2.05, 4.69) is 10.6 Å². The summed E-state index contributed by atoms with van der Waals surface area (Å²) in [5.74, 6) is -3.15. The topological polar surface area (TPSA) is 78.5 Å². The standard InChI is InChI=1S/C16H21F2N3O3S/c17-16(18)5-8-21(9-6-16)25(23,24)14-3-1-2-12(10-14)15(22)20-13-4-7-19-11-13/h1-3,10,13,19H,4-9,11H2,(H,20,22)/t13-/m1/s1. The molecule has 2 aliphatic rings. The summed E-state index contributed by atoms with van der Waals surface area (Å²) in [7, 11) is -3.89. The maximum Gasteiger partial charge on any atom is 0.251 e. The van der Waals surface area contributed by atoms with Crippen molar-refractivity contribution in [2.45, 2.75) is 36.1 Å². The molecule has 0 saturated carbocycles. The number of nitrogens with one attached hydrogen (secondary N) is 2. The van der Waals surface area contributed by atoms with Crippen molar-refractivity contribution in [3.63, 3.8) is 0 Å². The molecule has 0 unspecified atom stereocenters. The molecule has 138 valence electrons. The number of hydrogen-bond donors (Lipinski definition) is 2. The van der Waals surface area contributed by atoms with E-state index in [0.29, 0.717) is 6.54 Å². The van der Waals surface area contributed by atoms with Gasteiger partial charge in [0, 0.05) is 44.1 Å². The Labute approximate surface area is 145 Å². The molecule has 25 heavy (non-hydrogen) atoms. The summed E-state index contributed by atoms with van der Waals surface area (Å²) in [6, 6.07) is 5.75. The molecule has 0 aromatic heterocycles. The van der Waals surface area contributed by atoms with Gasteiger partial charge in [0.1, 0.15) is 0 Å². The lowest BCUT2D eigenvalue weighted by Gasteiger charge is -2.30. The molecule has 1 aromatic rings. The Balaban J connectivity index is 1.74. The van der Waals surface area contributed by atoms with E-state index in [0.717, 1.165) is 17.3 Å². The molecule has 1 amide bonds. The Morgan fingerprint density at radius 1 is 1.28 bits per heavy atom. The number of benzene rings is 1. The molecule has 3 rings (SSSR count). The van der Waals surface area contributed by atoms with E-state index in [9.17, 15) is 22.0 Å². The first-order valence-electron chi connectivity index (χ1n) is 8.28. The number of halogens is 2. The molecule has 9 heteroatoms. The van der Waals surface area contributed by atoms with Gasteiger partial charge in [-0.05, 0) is 31.2 Å². The third-order valence-electron chi connectivity index (χ3n) is 4.58. The average Bonchev–Trinajstić information content (AvgIpc) is 3.07. The number of carbonyl (C=O) groups is 1. The van der Waals surface area contributed by atoms with E-state index in [1.807, 2.05) is 0 Å². The molecule has 2 heterocycles. The van der Waals surface area contributed by atoms with Crippen molar-refractivity contribution in [3.05, 3.63) is 29.8 Å². The minimum atomic E-state index is -3.89. The van der Waals surface area contributed by atoms with Gasteiger partial charge in [0.2, 0.25) is 10.0 Å². The molecule has 2 saturated heterocycles. The van der Waals surface area contributed by atoms with Crippen LogP contribution in [-0.2, 0) is 10.0 Å². The number of nitrogens with zero attached hydrogens (tertiary/aromatic N) is 1. The van der Waals surface area contributed by atoms with Crippen LogP contribution in [0.1, 0.15) is 29.6 Å². The Hall–Kier alpha value is -1.58. The van der Waals surface area contributed by atoms with Crippen molar-refractivity contribution in [2.75, 3.05) is 26.2 Å². The first-order chi connectivity index (χ1) is 11.8. The van der Waals surface area contributed by atoms with E-state index in [1.54, 1.807) is 6.07 Å². The fourth-order valence-corrected chi connectivity index (χ4v) is 4.54. The van der Waals surface area contributed by atoms with Crippen LogP contribution in [0.3, 0.4) is 0 Å². The fraction of sp³-hybridized carbons (Fsp3) is 0.562. The van der Waals surface area contributed by atoms with Gasteiger partial charge in [-0.25, -0.2) is 17.2 Å². The molecule has 2 N–H and O–H groups in total. The van der Waals surface area contributed by atoms with E-state index in [1.165, 1.54) is 18.2 Å². The second kappa shape index (κ2) is 6.97. The Bertz CT molecular complexity index is 739. The molecule has 0 bridgehead atoms. The Morgan fingerprint density at radius 2 is 2.00 bits per heavy atom. The molecule has 1 aromatic carbocycles. The van der Waals surface area contributed by atoms with Crippen LogP contribution >= 0.6 is 0 Å². The molecule has 6 nitrogen and oxygen atoms in total. The van der Waals surface area contributed by atoms with E-state index < -0.39 is 28.8 Å². The van der Waals surface area contributed by atoms with Crippen molar-refractivity contribution < 1.29 is 22.0 Å². The molecule has 0 aliphatic carbocycles. The van der Waals surface area contributed by atoms with Crippen LogP contribution in [0.5, 0.6) is 0 Å². The van der Waals surface area contributed by atoms with Crippen molar-refractivity contribution in [1.29, 1.82) is 0 Å². The van der Waals surface area contributed by atoms with Gasteiger partial charge in [-0.15, -0.1) is 0 Å². The van der Waals surface area contributed by atoms with Crippen molar-refractivity contribution in [1.82, 2.24) is 14.9 Å². The first-order valence-corrected chi connectivity index (χ1v) is 9.72. The van der Waals surface area contributed by atoms with Crippen LogP contribution in [0.15, 0.2) is 29.2 Å². The van der Waals surface area contributed by atoms with Crippen LogP contribution in [0.4, 0.5) is 8.78 Å². The van der Waals surface area contributed by atoms with Crippen molar-refractivity contribution >= 4 is 15.9 Å². The minimum absolute atomic E-state index is 0.0251. The SMILES string of the molecule is O=C(N[C@@H]1CCNC1)c1cccc(S(=O)(=O)N2CCC(F)(F)CC2)c1. The Morgan fingerprint density at radius 3 is 2.64 bits per heavy atom. The predicted molar refractivity (Wildman–Crippen MR) is 88.1 cm³/mol. The van der Waals surface area contributed by atoms with Crippen molar-refractivity contribution in [2.24, 2.45) is 0 Å². The van der Waals surface area contributed by atoms with Gasteiger partial charge < -0.3 is 10.6 Å². The summed E-state index contributed by atoms with van der Waals surface area (Å²) in [5, 5.41) is 5.99.